The zero-order chi connectivity index (χ0) is 17.3. The van der Waals surface area contributed by atoms with Crippen LogP contribution < -0.4 is 16.0 Å². The van der Waals surface area contributed by atoms with Crippen molar-refractivity contribution in [3.05, 3.63) is 51.8 Å². The molecule has 0 aliphatic heterocycles. The third-order valence-electron chi connectivity index (χ3n) is 3.80. The molecular weight excluding hydrogens is 306 g/mol. The fourth-order valence-electron chi connectivity index (χ4n) is 2.76. The molecule has 124 valence electrons. The number of nitrogen functional groups attached to an aromatic ring is 1. The Bertz CT molecular complexity index is 940. The summed E-state index contributed by atoms with van der Waals surface area (Å²) >= 11 is 0. The molecule has 0 saturated carbocycles. The van der Waals surface area contributed by atoms with E-state index in [4.69, 9.17) is 15.6 Å². The molecule has 0 radical (unpaired) electrons. The Morgan fingerprint density at radius 2 is 1.92 bits per heavy atom. The Morgan fingerprint density at radius 3 is 2.58 bits per heavy atom. The van der Waals surface area contributed by atoms with Crippen LogP contribution in [0.5, 0.6) is 5.75 Å². The van der Waals surface area contributed by atoms with Crippen LogP contribution in [0.15, 0.2) is 35.1 Å². The number of rotatable bonds is 4. The maximum absolute atomic E-state index is 12.3. The van der Waals surface area contributed by atoms with E-state index in [1.54, 1.807) is 18.2 Å². The highest BCUT2D eigenvalue weighted by Crippen LogP contribution is 2.29. The molecule has 3 rings (SSSR count). The Hall–Kier alpha value is -2.86. The predicted molar refractivity (Wildman–Crippen MR) is 94.3 cm³/mol. The first-order valence-electron chi connectivity index (χ1n) is 7.64. The number of nitrogens with two attached hydrogens (primary N) is 1. The van der Waals surface area contributed by atoms with Crippen molar-refractivity contribution in [2.75, 3.05) is 18.9 Å². The van der Waals surface area contributed by atoms with Crippen LogP contribution in [0, 0.1) is 13.8 Å². The summed E-state index contributed by atoms with van der Waals surface area (Å²) in [7, 11) is 0. The molecule has 0 atom stereocenters. The number of aliphatic hydroxyl groups excluding tert-OH is 1. The molecular formula is C18H19N3O3. The Kier molecular flexibility index (Phi) is 4.22. The average molecular weight is 325 g/mol. The lowest BCUT2D eigenvalue weighted by atomic mass is 10.0. The van der Waals surface area contributed by atoms with Gasteiger partial charge in [0, 0.05) is 11.3 Å². The molecule has 0 aliphatic rings. The van der Waals surface area contributed by atoms with Gasteiger partial charge in [-0.05, 0) is 55.3 Å². The molecule has 0 fully saturated rings. The van der Waals surface area contributed by atoms with E-state index >= 15 is 0 Å². The fourth-order valence-corrected chi connectivity index (χ4v) is 2.76. The molecule has 0 saturated heterocycles. The molecule has 0 bridgehead atoms. The van der Waals surface area contributed by atoms with E-state index in [1.807, 2.05) is 26.0 Å². The van der Waals surface area contributed by atoms with Crippen LogP contribution in [0.1, 0.15) is 11.1 Å². The molecule has 24 heavy (non-hydrogen) atoms. The van der Waals surface area contributed by atoms with Crippen LogP contribution in [0.4, 0.5) is 5.69 Å². The second-order valence-corrected chi connectivity index (χ2v) is 5.70. The van der Waals surface area contributed by atoms with Gasteiger partial charge in [0.25, 0.3) is 5.56 Å². The first kappa shape index (κ1) is 16.0. The number of aromatic nitrogens is 2. The van der Waals surface area contributed by atoms with Crippen molar-refractivity contribution in [1.82, 2.24) is 9.97 Å². The molecule has 3 aromatic rings. The van der Waals surface area contributed by atoms with Gasteiger partial charge in [0.15, 0.2) is 0 Å². The number of fused-ring (bicyclic) bond motifs is 1. The van der Waals surface area contributed by atoms with Crippen LogP contribution >= 0.6 is 0 Å². The van der Waals surface area contributed by atoms with E-state index in [9.17, 15) is 4.79 Å². The zero-order valence-corrected chi connectivity index (χ0v) is 13.6. The Labute approximate surface area is 138 Å². The fraction of sp³-hybridized carbons (Fsp3) is 0.222. The molecule has 6 heteroatoms. The predicted octanol–water partition coefficient (Wildman–Crippen LogP) is 2.16. The first-order valence-corrected chi connectivity index (χ1v) is 7.64. The van der Waals surface area contributed by atoms with Crippen LogP contribution in [0.25, 0.3) is 22.3 Å². The van der Waals surface area contributed by atoms with E-state index in [2.05, 4.69) is 9.97 Å². The zero-order valence-electron chi connectivity index (χ0n) is 13.6. The Morgan fingerprint density at radius 1 is 1.21 bits per heavy atom. The number of aliphatic hydroxyl groups is 1. The van der Waals surface area contributed by atoms with Gasteiger partial charge in [0.2, 0.25) is 0 Å². The normalized spacial score (nSPS) is 11.0. The molecule has 2 aromatic carbocycles. The molecule has 0 spiro atoms. The minimum atomic E-state index is -0.224. The van der Waals surface area contributed by atoms with E-state index in [0.717, 1.165) is 22.4 Å². The van der Waals surface area contributed by atoms with Crippen LogP contribution in [0.2, 0.25) is 0 Å². The minimum absolute atomic E-state index is 0.0384. The lowest BCUT2D eigenvalue weighted by molar-refractivity contribution is 0.200. The maximum atomic E-state index is 12.3. The van der Waals surface area contributed by atoms with Gasteiger partial charge in [-0.25, -0.2) is 4.98 Å². The largest absolute Gasteiger partial charge is 0.491 e. The van der Waals surface area contributed by atoms with Gasteiger partial charge in [0.1, 0.15) is 18.2 Å². The molecule has 0 aliphatic carbocycles. The SMILES string of the molecule is Cc1cc(-c2nc3ccc(N)cc3c(=O)[nH]2)cc(C)c1OCCO. The molecule has 0 amide bonds. The highest BCUT2D eigenvalue weighted by Gasteiger charge is 2.11. The summed E-state index contributed by atoms with van der Waals surface area (Å²) in [5, 5.41) is 9.38. The number of nitrogens with zero attached hydrogens (tertiary/aromatic N) is 1. The number of nitrogens with one attached hydrogen (secondary N) is 1. The van der Waals surface area contributed by atoms with E-state index in [1.165, 1.54) is 0 Å². The quantitative estimate of drug-likeness (QED) is 0.638. The molecule has 0 unspecified atom stereocenters. The van der Waals surface area contributed by atoms with Crippen LogP contribution in [-0.4, -0.2) is 28.3 Å². The summed E-state index contributed by atoms with van der Waals surface area (Å²) in [6.45, 7) is 4.04. The van der Waals surface area contributed by atoms with Gasteiger partial charge in [-0.2, -0.15) is 0 Å². The van der Waals surface area contributed by atoms with Crippen molar-refractivity contribution >= 4 is 16.6 Å². The van der Waals surface area contributed by atoms with Crippen molar-refractivity contribution in [3.8, 4) is 17.1 Å². The monoisotopic (exact) mass is 325 g/mol. The van der Waals surface area contributed by atoms with E-state index in [0.29, 0.717) is 22.4 Å². The Balaban J connectivity index is 2.11. The molecule has 1 heterocycles. The number of benzene rings is 2. The van der Waals surface area contributed by atoms with Crippen molar-refractivity contribution in [2.45, 2.75) is 13.8 Å². The van der Waals surface area contributed by atoms with Gasteiger partial charge in [-0.3, -0.25) is 4.79 Å². The summed E-state index contributed by atoms with van der Waals surface area (Å²) in [5.41, 5.74) is 9.26. The van der Waals surface area contributed by atoms with E-state index < -0.39 is 0 Å². The number of ether oxygens (including phenoxy) is 1. The van der Waals surface area contributed by atoms with Crippen molar-refractivity contribution in [1.29, 1.82) is 0 Å². The van der Waals surface area contributed by atoms with Gasteiger partial charge in [0.05, 0.1) is 17.5 Å². The molecule has 6 nitrogen and oxygen atoms in total. The van der Waals surface area contributed by atoms with Gasteiger partial charge < -0.3 is 20.6 Å². The number of hydrogen-bond acceptors (Lipinski definition) is 5. The highest BCUT2D eigenvalue weighted by molar-refractivity contribution is 5.82. The third-order valence-corrected chi connectivity index (χ3v) is 3.80. The second kappa shape index (κ2) is 6.33. The van der Waals surface area contributed by atoms with Crippen molar-refractivity contribution in [2.24, 2.45) is 0 Å². The first-order chi connectivity index (χ1) is 11.5. The van der Waals surface area contributed by atoms with Crippen LogP contribution in [0.3, 0.4) is 0 Å². The van der Waals surface area contributed by atoms with Gasteiger partial charge in [-0.15, -0.1) is 0 Å². The van der Waals surface area contributed by atoms with Gasteiger partial charge in [-0.1, -0.05) is 0 Å². The lowest BCUT2D eigenvalue weighted by Gasteiger charge is -2.13. The van der Waals surface area contributed by atoms with Crippen molar-refractivity contribution in [3.63, 3.8) is 0 Å². The number of hydrogen-bond donors (Lipinski definition) is 3. The minimum Gasteiger partial charge on any atom is -0.491 e. The number of anilines is 1. The average Bonchev–Trinajstić information content (AvgIpc) is 2.54. The standard InChI is InChI=1S/C18H19N3O3/c1-10-7-12(8-11(2)16(10)24-6-5-22)17-20-15-4-3-13(19)9-14(15)18(23)21-17/h3-4,7-9,22H,5-6,19H2,1-2H3,(H,20,21,23). The maximum Gasteiger partial charge on any atom is 0.259 e. The lowest BCUT2D eigenvalue weighted by Crippen LogP contribution is -2.10. The third kappa shape index (κ3) is 2.96. The van der Waals surface area contributed by atoms with Crippen LogP contribution in [-0.2, 0) is 0 Å². The van der Waals surface area contributed by atoms with E-state index in [-0.39, 0.29) is 18.8 Å². The highest BCUT2D eigenvalue weighted by atomic mass is 16.5. The number of aromatic amines is 1. The smallest absolute Gasteiger partial charge is 0.259 e. The molecule has 4 N–H and O–H groups in total. The molecule has 1 aromatic heterocycles. The number of aryl methyl sites for hydroxylation is 2. The van der Waals surface area contributed by atoms with Crippen molar-refractivity contribution < 1.29 is 9.84 Å². The summed E-state index contributed by atoms with van der Waals surface area (Å²) < 4.78 is 5.56. The number of H-pyrrole nitrogens is 1. The summed E-state index contributed by atoms with van der Waals surface area (Å²) in [6, 6.07) is 8.89. The summed E-state index contributed by atoms with van der Waals surface area (Å²) in [6.07, 6.45) is 0. The summed E-state index contributed by atoms with van der Waals surface area (Å²) in [5.74, 6) is 1.24. The second-order valence-electron chi connectivity index (χ2n) is 5.70. The topological polar surface area (TPSA) is 101 Å². The van der Waals surface area contributed by atoms with Gasteiger partial charge >= 0.3 is 0 Å². The summed E-state index contributed by atoms with van der Waals surface area (Å²) in [4.78, 5) is 19.6.